The molecule has 1 N–H and O–H groups in total. The second kappa shape index (κ2) is 2.86. The number of rotatable bonds is 3. The summed E-state index contributed by atoms with van der Waals surface area (Å²) in [6.45, 7) is 1.93. The fraction of sp³-hybridized carbons (Fsp3) is 0.833. The molecule has 0 spiro atoms. The van der Waals surface area contributed by atoms with Gasteiger partial charge in [0.2, 0.25) is 0 Å². The average Bonchev–Trinajstić information content (AvgIpc) is 1.85. The minimum absolute atomic E-state index is 0.234. The Bertz CT molecular complexity index is 184. The zero-order valence-electron chi connectivity index (χ0n) is 6.24. The lowest BCUT2D eigenvalue weighted by Crippen LogP contribution is -2.65. The number of hydrogen-bond donors (Lipinski definition) is 1. The third kappa shape index (κ3) is 1.31. The van der Waals surface area contributed by atoms with Gasteiger partial charge in [-0.2, -0.15) is 0 Å². The molecule has 11 heavy (non-hydrogen) atoms. The van der Waals surface area contributed by atoms with Gasteiger partial charge in [-0.25, -0.2) is 0 Å². The number of hydrogen-bond acceptors (Lipinski definition) is 3. The van der Waals surface area contributed by atoms with Gasteiger partial charge >= 0.3 is 6.04 Å². The van der Waals surface area contributed by atoms with Crippen molar-refractivity contribution in [3.63, 3.8) is 0 Å². The van der Waals surface area contributed by atoms with Crippen LogP contribution in [0.3, 0.4) is 0 Å². The van der Waals surface area contributed by atoms with Crippen LogP contribution in [0.25, 0.3) is 0 Å². The Kier molecular flexibility index (Phi) is 2.07. The van der Waals surface area contributed by atoms with Gasteiger partial charge in [-0.15, -0.1) is 0 Å². The van der Waals surface area contributed by atoms with E-state index in [0.717, 1.165) is 6.42 Å². The summed E-state index contributed by atoms with van der Waals surface area (Å²) in [4.78, 5) is 20.3. The molecule has 1 fully saturated rings. The fourth-order valence-corrected chi connectivity index (χ4v) is 1.22. The van der Waals surface area contributed by atoms with Gasteiger partial charge in [-0.3, -0.25) is 14.9 Å². The van der Waals surface area contributed by atoms with Crippen molar-refractivity contribution >= 4 is 5.91 Å². The molecule has 1 saturated heterocycles. The molecule has 1 aliphatic heterocycles. The normalized spacial score (nSPS) is 29.0. The Morgan fingerprint density at radius 3 is 2.73 bits per heavy atom. The van der Waals surface area contributed by atoms with Crippen LogP contribution in [0.15, 0.2) is 0 Å². The molecule has 0 saturated carbocycles. The zero-order valence-corrected chi connectivity index (χ0v) is 6.24. The van der Waals surface area contributed by atoms with Crippen molar-refractivity contribution in [2.75, 3.05) is 0 Å². The van der Waals surface area contributed by atoms with Crippen LogP contribution in [0.1, 0.15) is 19.8 Å². The molecule has 2 unspecified atom stereocenters. The Labute approximate surface area is 63.9 Å². The van der Waals surface area contributed by atoms with Crippen molar-refractivity contribution in [1.29, 1.82) is 0 Å². The molecular weight excluding hydrogens is 148 g/mol. The van der Waals surface area contributed by atoms with Crippen molar-refractivity contribution in [1.82, 2.24) is 5.32 Å². The fourth-order valence-electron chi connectivity index (χ4n) is 1.22. The molecule has 0 aromatic rings. The zero-order chi connectivity index (χ0) is 8.43. The summed E-state index contributed by atoms with van der Waals surface area (Å²) in [6.07, 6.45) is 1.55. The smallest absolute Gasteiger partial charge is 0.309 e. The Morgan fingerprint density at radius 1 is 1.73 bits per heavy atom. The number of nitrogens with zero attached hydrogens (tertiary/aromatic N) is 1. The molecule has 5 heteroatoms. The van der Waals surface area contributed by atoms with Crippen molar-refractivity contribution in [2.45, 2.75) is 31.8 Å². The highest BCUT2D eigenvalue weighted by molar-refractivity contribution is 5.87. The van der Waals surface area contributed by atoms with Crippen LogP contribution in [-0.2, 0) is 4.79 Å². The van der Waals surface area contributed by atoms with Crippen molar-refractivity contribution in [2.24, 2.45) is 0 Å². The van der Waals surface area contributed by atoms with Crippen LogP contribution in [-0.4, -0.2) is 22.9 Å². The number of carbonyl (C=O) groups is 1. The first kappa shape index (κ1) is 7.97. The Morgan fingerprint density at radius 2 is 2.36 bits per heavy atom. The lowest BCUT2D eigenvalue weighted by Gasteiger charge is -2.29. The summed E-state index contributed by atoms with van der Waals surface area (Å²) in [6, 6.07) is -1.22. The molecule has 1 amide bonds. The van der Waals surface area contributed by atoms with Crippen LogP contribution in [0.2, 0.25) is 0 Å². The molecule has 5 nitrogen and oxygen atoms in total. The minimum atomic E-state index is -0.991. The summed E-state index contributed by atoms with van der Waals surface area (Å²) < 4.78 is 0. The van der Waals surface area contributed by atoms with Crippen LogP contribution in [0.4, 0.5) is 0 Å². The number of β-lactam (4-membered cyclic amide) rings is 1. The maximum absolute atomic E-state index is 10.6. The Balaban J connectivity index is 2.48. The molecule has 1 aliphatic rings. The van der Waals surface area contributed by atoms with E-state index in [1.54, 1.807) is 0 Å². The van der Waals surface area contributed by atoms with E-state index in [2.05, 4.69) is 5.32 Å². The molecule has 2 atom stereocenters. The van der Waals surface area contributed by atoms with E-state index in [-0.39, 0.29) is 6.04 Å². The summed E-state index contributed by atoms with van der Waals surface area (Å²) in [5.74, 6) is -0.451. The third-order valence-electron chi connectivity index (χ3n) is 1.80. The average molecular weight is 158 g/mol. The molecule has 62 valence electrons. The van der Waals surface area contributed by atoms with Gasteiger partial charge in [-0.1, -0.05) is 13.3 Å². The topological polar surface area (TPSA) is 72.2 Å². The minimum Gasteiger partial charge on any atom is -0.340 e. The number of nitro groups is 1. The summed E-state index contributed by atoms with van der Waals surface area (Å²) in [5, 5.41) is 12.7. The second-order valence-electron chi connectivity index (χ2n) is 2.63. The van der Waals surface area contributed by atoms with E-state index in [1.165, 1.54) is 0 Å². The van der Waals surface area contributed by atoms with E-state index in [9.17, 15) is 14.9 Å². The molecule has 0 aliphatic carbocycles. The highest BCUT2D eigenvalue weighted by Gasteiger charge is 2.48. The van der Waals surface area contributed by atoms with Gasteiger partial charge in [-0.05, 0) is 6.42 Å². The SMILES string of the molecule is CCCC1NC(=O)C1[N+](=O)[O-]. The maximum Gasteiger partial charge on any atom is 0.309 e. The van der Waals surface area contributed by atoms with Crippen LogP contribution >= 0.6 is 0 Å². The standard InChI is InChI=1S/C6H10N2O3/c1-2-3-4-5(8(10)11)6(9)7-4/h4-5H,2-3H2,1H3,(H,7,9). The van der Waals surface area contributed by atoms with Crippen LogP contribution in [0, 0.1) is 10.1 Å². The monoisotopic (exact) mass is 158 g/mol. The predicted octanol–water partition coefficient (Wildman–Crippen LogP) is -0.0698. The van der Waals surface area contributed by atoms with E-state index in [0.29, 0.717) is 6.42 Å². The van der Waals surface area contributed by atoms with Gasteiger partial charge in [0.05, 0.1) is 0 Å². The maximum atomic E-state index is 10.6. The van der Waals surface area contributed by atoms with E-state index in [1.807, 2.05) is 6.92 Å². The highest BCUT2D eigenvalue weighted by Crippen LogP contribution is 2.14. The van der Waals surface area contributed by atoms with Gasteiger partial charge in [0.1, 0.15) is 6.04 Å². The lowest BCUT2D eigenvalue weighted by atomic mass is 9.95. The molecule has 0 radical (unpaired) electrons. The molecule has 0 bridgehead atoms. The largest absolute Gasteiger partial charge is 0.340 e. The molecule has 1 rings (SSSR count). The first-order valence-corrected chi connectivity index (χ1v) is 3.60. The molecule has 0 aromatic heterocycles. The highest BCUT2D eigenvalue weighted by atomic mass is 16.6. The Hall–Kier alpha value is -1.13. The van der Waals surface area contributed by atoms with Crippen molar-refractivity contribution in [3.05, 3.63) is 10.1 Å². The van der Waals surface area contributed by atoms with Gasteiger partial charge in [0.25, 0.3) is 5.91 Å². The quantitative estimate of drug-likeness (QED) is 0.355. The van der Waals surface area contributed by atoms with Gasteiger partial charge in [0.15, 0.2) is 0 Å². The number of carbonyl (C=O) groups excluding carboxylic acids is 1. The predicted molar refractivity (Wildman–Crippen MR) is 37.6 cm³/mol. The summed E-state index contributed by atoms with van der Waals surface area (Å²) in [5.41, 5.74) is 0. The molecule has 1 heterocycles. The number of amides is 1. The van der Waals surface area contributed by atoms with E-state index >= 15 is 0 Å². The van der Waals surface area contributed by atoms with Gasteiger partial charge in [0, 0.05) is 4.92 Å². The first-order valence-electron chi connectivity index (χ1n) is 3.60. The summed E-state index contributed by atoms with van der Waals surface area (Å²) >= 11 is 0. The van der Waals surface area contributed by atoms with Crippen molar-refractivity contribution < 1.29 is 9.72 Å². The van der Waals surface area contributed by atoms with Crippen molar-refractivity contribution in [3.8, 4) is 0 Å². The van der Waals surface area contributed by atoms with Crippen LogP contribution < -0.4 is 5.32 Å². The van der Waals surface area contributed by atoms with Gasteiger partial charge < -0.3 is 5.32 Å². The second-order valence-corrected chi connectivity index (χ2v) is 2.63. The van der Waals surface area contributed by atoms with E-state index < -0.39 is 16.9 Å². The summed E-state index contributed by atoms with van der Waals surface area (Å²) in [7, 11) is 0. The van der Waals surface area contributed by atoms with E-state index in [4.69, 9.17) is 0 Å². The first-order chi connectivity index (χ1) is 5.16. The lowest BCUT2D eigenvalue weighted by molar-refractivity contribution is -0.520. The molecular formula is C6H10N2O3. The van der Waals surface area contributed by atoms with Crippen LogP contribution in [0.5, 0.6) is 0 Å². The third-order valence-corrected chi connectivity index (χ3v) is 1.80. The number of nitrogens with one attached hydrogen (secondary N) is 1. The molecule has 0 aromatic carbocycles.